The summed E-state index contributed by atoms with van der Waals surface area (Å²) in [4.78, 5) is 37.2. The maximum atomic E-state index is 12.5. The molecular formula is C21H18N4O6S. The number of nitrogens with zero attached hydrogens (tertiary/aromatic N) is 2. The van der Waals surface area contributed by atoms with Crippen LogP contribution in [0.4, 0.5) is 17.2 Å². The van der Waals surface area contributed by atoms with Crippen molar-refractivity contribution in [2.75, 3.05) is 14.9 Å². The largest absolute Gasteiger partial charge is 0.360 e. The van der Waals surface area contributed by atoms with Crippen molar-refractivity contribution in [2.45, 2.75) is 24.7 Å². The average Bonchev–Trinajstić information content (AvgIpc) is 3.32. The predicted octanol–water partition coefficient (Wildman–Crippen LogP) is 2.69. The van der Waals surface area contributed by atoms with Crippen LogP contribution in [0.15, 0.2) is 64.0 Å². The minimum atomic E-state index is -3.86. The summed E-state index contributed by atoms with van der Waals surface area (Å²) in [5.41, 5.74) is 1.12. The third kappa shape index (κ3) is 4.37. The van der Waals surface area contributed by atoms with E-state index in [0.29, 0.717) is 22.7 Å². The van der Waals surface area contributed by atoms with Crippen LogP contribution in [-0.2, 0) is 19.6 Å². The maximum absolute atomic E-state index is 12.5. The van der Waals surface area contributed by atoms with E-state index in [2.05, 4.69) is 15.2 Å². The second-order valence-electron chi connectivity index (χ2n) is 7.08. The highest BCUT2D eigenvalue weighted by Crippen LogP contribution is 2.23. The Bertz CT molecular complexity index is 1280. The fraction of sp³-hybridized carbons (Fsp3) is 0.143. The maximum Gasteiger partial charge on any atom is 0.263 e. The number of sulfonamides is 1. The normalized spacial score (nSPS) is 14.0. The first-order valence-electron chi connectivity index (χ1n) is 9.56. The highest BCUT2D eigenvalue weighted by Gasteiger charge is 2.30. The van der Waals surface area contributed by atoms with Crippen LogP contribution >= 0.6 is 0 Å². The Labute approximate surface area is 183 Å². The van der Waals surface area contributed by atoms with E-state index in [1.165, 1.54) is 54.6 Å². The average molecular weight is 454 g/mol. The zero-order chi connectivity index (χ0) is 22.9. The van der Waals surface area contributed by atoms with Crippen LogP contribution in [-0.4, -0.2) is 31.3 Å². The van der Waals surface area contributed by atoms with Crippen molar-refractivity contribution in [2.24, 2.45) is 0 Å². The standard InChI is InChI=1S/C21H18N4O6S/c1-13-12-18(23-31-13)24-32(29,30)17-8-4-15(5-9-17)22-21(28)14-2-6-16(7-3-14)25-19(26)10-11-20(25)27/h2-9,12H,10-11H2,1H3,(H,22,28)(H,23,24). The van der Waals surface area contributed by atoms with Crippen molar-refractivity contribution in [3.63, 3.8) is 0 Å². The molecule has 11 heteroatoms. The lowest BCUT2D eigenvalue weighted by Gasteiger charge is -2.14. The van der Waals surface area contributed by atoms with E-state index in [1.807, 2.05) is 0 Å². The molecule has 4 rings (SSSR count). The molecule has 2 N–H and O–H groups in total. The highest BCUT2D eigenvalue weighted by molar-refractivity contribution is 7.92. The molecule has 32 heavy (non-hydrogen) atoms. The molecule has 164 valence electrons. The van der Waals surface area contributed by atoms with Gasteiger partial charge in [-0.1, -0.05) is 5.16 Å². The lowest BCUT2D eigenvalue weighted by molar-refractivity contribution is -0.121. The predicted molar refractivity (Wildman–Crippen MR) is 115 cm³/mol. The molecule has 0 saturated carbocycles. The molecular weight excluding hydrogens is 436 g/mol. The lowest BCUT2D eigenvalue weighted by atomic mass is 10.1. The molecule has 0 radical (unpaired) electrons. The van der Waals surface area contributed by atoms with E-state index in [4.69, 9.17) is 4.52 Å². The van der Waals surface area contributed by atoms with Crippen molar-refractivity contribution in [1.29, 1.82) is 0 Å². The van der Waals surface area contributed by atoms with Crippen LogP contribution in [0.25, 0.3) is 0 Å². The molecule has 0 aliphatic carbocycles. The number of rotatable bonds is 6. The van der Waals surface area contributed by atoms with E-state index in [9.17, 15) is 22.8 Å². The topological polar surface area (TPSA) is 139 Å². The van der Waals surface area contributed by atoms with Crippen LogP contribution in [0, 0.1) is 6.92 Å². The Morgan fingerprint density at radius 3 is 2.19 bits per heavy atom. The smallest absolute Gasteiger partial charge is 0.263 e. The van der Waals surface area contributed by atoms with Gasteiger partial charge in [-0.25, -0.2) is 8.42 Å². The van der Waals surface area contributed by atoms with Gasteiger partial charge in [0.25, 0.3) is 15.9 Å². The second kappa shape index (κ2) is 8.27. The Morgan fingerprint density at radius 2 is 1.62 bits per heavy atom. The number of hydrogen-bond donors (Lipinski definition) is 2. The molecule has 0 unspecified atom stereocenters. The van der Waals surface area contributed by atoms with Gasteiger partial charge in [-0.2, -0.15) is 0 Å². The van der Waals surface area contributed by atoms with Gasteiger partial charge in [-0.3, -0.25) is 24.0 Å². The molecule has 2 heterocycles. The Kier molecular flexibility index (Phi) is 5.49. The number of aryl methyl sites for hydroxylation is 1. The Morgan fingerprint density at radius 1 is 1.00 bits per heavy atom. The molecule has 3 amide bonds. The van der Waals surface area contributed by atoms with E-state index in [0.717, 1.165) is 4.90 Å². The lowest BCUT2D eigenvalue weighted by Crippen LogP contribution is -2.28. The first kappa shape index (κ1) is 21.2. The number of hydrogen-bond acceptors (Lipinski definition) is 7. The van der Waals surface area contributed by atoms with Gasteiger partial charge < -0.3 is 9.84 Å². The van der Waals surface area contributed by atoms with Crippen molar-refractivity contribution < 1.29 is 27.3 Å². The van der Waals surface area contributed by atoms with Gasteiger partial charge >= 0.3 is 0 Å². The number of amides is 3. The summed E-state index contributed by atoms with van der Waals surface area (Å²) in [6.45, 7) is 1.64. The van der Waals surface area contributed by atoms with Gasteiger partial charge in [0.2, 0.25) is 11.8 Å². The van der Waals surface area contributed by atoms with Crippen LogP contribution < -0.4 is 14.9 Å². The number of carbonyl (C=O) groups is 3. The van der Waals surface area contributed by atoms with E-state index >= 15 is 0 Å². The zero-order valence-electron chi connectivity index (χ0n) is 16.9. The fourth-order valence-corrected chi connectivity index (χ4v) is 4.14. The number of anilines is 3. The van der Waals surface area contributed by atoms with Crippen LogP contribution in [0.1, 0.15) is 29.0 Å². The third-order valence-corrected chi connectivity index (χ3v) is 6.10. The second-order valence-corrected chi connectivity index (χ2v) is 8.76. The van der Waals surface area contributed by atoms with E-state index in [-0.39, 0.29) is 35.4 Å². The number of nitrogens with one attached hydrogen (secondary N) is 2. The van der Waals surface area contributed by atoms with Crippen LogP contribution in [0.3, 0.4) is 0 Å². The number of benzene rings is 2. The molecule has 1 aromatic heterocycles. The molecule has 1 saturated heterocycles. The molecule has 1 aliphatic rings. The van der Waals surface area contributed by atoms with Crippen molar-refractivity contribution in [3.8, 4) is 0 Å². The minimum absolute atomic E-state index is 0.0135. The summed E-state index contributed by atoms with van der Waals surface area (Å²) in [5, 5.41) is 6.26. The molecule has 0 spiro atoms. The van der Waals surface area contributed by atoms with Crippen molar-refractivity contribution in [1.82, 2.24) is 5.16 Å². The summed E-state index contributed by atoms with van der Waals surface area (Å²) in [6.07, 6.45) is 0.362. The van der Waals surface area contributed by atoms with Gasteiger partial charge in [-0.05, 0) is 55.5 Å². The first-order chi connectivity index (χ1) is 15.2. The number of imide groups is 1. The molecule has 1 aliphatic heterocycles. The quantitative estimate of drug-likeness (QED) is 0.546. The van der Waals surface area contributed by atoms with Crippen molar-refractivity contribution >= 4 is 44.9 Å². The van der Waals surface area contributed by atoms with Crippen molar-refractivity contribution in [3.05, 3.63) is 65.9 Å². The molecule has 2 aromatic carbocycles. The Hall–Kier alpha value is -3.99. The van der Waals surface area contributed by atoms with Crippen LogP contribution in [0.2, 0.25) is 0 Å². The molecule has 3 aromatic rings. The third-order valence-electron chi connectivity index (χ3n) is 4.73. The SMILES string of the molecule is Cc1cc(NS(=O)(=O)c2ccc(NC(=O)c3ccc(N4C(=O)CCC4=O)cc3)cc2)no1. The van der Waals surface area contributed by atoms with E-state index < -0.39 is 15.9 Å². The van der Waals surface area contributed by atoms with E-state index in [1.54, 1.807) is 6.92 Å². The summed E-state index contributed by atoms with van der Waals surface area (Å²) in [7, 11) is -3.86. The summed E-state index contributed by atoms with van der Waals surface area (Å²) in [6, 6.07) is 13.1. The monoisotopic (exact) mass is 454 g/mol. The molecule has 10 nitrogen and oxygen atoms in total. The number of aromatic nitrogens is 1. The van der Waals surface area contributed by atoms with Gasteiger partial charge in [-0.15, -0.1) is 0 Å². The van der Waals surface area contributed by atoms with Crippen LogP contribution in [0.5, 0.6) is 0 Å². The summed E-state index contributed by atoms with van der Waals surface area (Å²) >= 11 is 0. The summed E-state index contributed by atoms with van der Waals surface area (Å²) < 4.78 is 32.0. The molecule has 1 fully saturated rings. The minimum Gasteiger partial charge on any atom is -0.360 e. The molecule has 0 atom stereocenters. The first-order valence-corrected chi connectivity index (χ1v) is 11.0. The van der Waals surface area contributed by atoms with Gasteiger partial charge in [0.1, 0.15) is 5.76 Å². The van der Waals surface area contributed by atoms with Gasteiger partial charge in [0.15, 0.2) is 5.82 Å². The summed E-state index contributed by atoms with van der Waals surface area (Å²) in [5.74, 6) is -0.429. The van der Waals surface area contributed by atoms with Gasteiger partial charge in [0.05, 0.1) is 10.6 Å². The zero-order valence-corrected chi connectivity index (χ0v) is 17.7. The molecule has 0 bridgehead atoms. The Balaban J connectivity index is 1.42. The fourth-order valence-electron chi connectivity index (χ4n) is 3.16. The highest BCUT2D eigenvalue weighted by atomic mass is 32.2. The number of carbonyl (C=O) groups excluding carboxylic acids is 3. The van der Waals surface area contributed by atoms with Gasteiger partial charge in [0, 0.05) is 30.2 Å².